The summed E-state index contributed by atoms with van der Waals surface area (Å²) in [7, 11) is 0. The van der Waals surface area contributed by atoms with Gasteiger partial charge in [-0.1, -0.05) is 6.07 Å². The average molecular weight is 179 g/mol. The second-order valence-corrected chi connectivity index (χ2v) is 3.12. The Morgan fingerprint density at radius 1 is 1.38 bits per heavy atom. The number of hydrogen-bond donors (Lipinski definition) is 1. The van der Waals surface area contributed by atoms with Crippen molar-refractivity contribution in [3.05, 3.63) is 29.6 Å². The number of benzene rings is 1. The predicted molar refractivity (Wildman–Crippen MR) is 48.5 cm³/mol. The molecule has 0 atom stereocenters. The van der Waals surface area contributed by atoms with E-state index < -0.39 is 0 Å². The molecule has 0 unspecified atom stereocenters. The van der Waals surface area contributed by atoms with Gasteiger partial charge in [0.05, 0.1) is 5.69 Å². The normalized spacial score (nSPS) is 15.9. The molecule has 0 spiro atoms. The molecule has 1 aliphatic rings. The number of ketones is 1. The van der Waals surface area contributed by atoms with Gasteiger partial charge >= 0.3 is 0 Å². The van der Waals surface area contributed by atoms with E-state index >= 15 is 0 Å². The van der Waals surface area contributed by atoms with Gasteiger partial charge in [-0.2, -0.15) is 0 Å². The first-order chi connectivity index (χ1) is 6.29. The van der Waals surface area contributed by atoms with Crippen LogP contribution in [0.5, 0.6) is 0 Å². The summed E-state index contributed by atoms with van der Waals surface area (Å²) in [5.74, 6) is -0.313. The molecule has 0 radical (unpaired) electrons. The molecule has 0 saturated carbocycles. The smallest absolute Gasteiger partial charge is 0.165 e. The fourth-order valence-corrected chi connectivity index (χ4v) is 1.53. The molecule has 3 heteroatoms. The molecule has 0 amide bonds. The molecule has 13 heavy (non-hydrogen) atoms. The van der Waals surface area contributed by atoms with Crippen molar-refractivity contribution in [3.8, 4) is 0 Å². The molecular formula is C10H10FNO. The molecular weight excluding hydrogens is 169 g/mol. The molecule has 0 saturated heterocycles. The number of hydrogen-bond acceptors (Lipinski definition) is 2. The molecule has 1 aromatic carbocycles. The summed E-state index contributed by atoms with van der Waals surface area (Å²) in [6.45, 7) is 0.666. The van der Waals surface area contributed by atoms with Crippen LogP contribution in [0.1, 0.15) is 23.2 Å². The van der Waals surface area contributed by atoms with E-state index in [0.29, 0.717) is 24.2 Å². The van der Waals surface area contributed by atoms with Gasteiger partial charge in [-0.15, -0.1) is 0 Å². The van der Waals surface area contributed by atoms with Crippen LogP contribution in [0, 0.1) is 5.82 Å². The zero-order valence-electron chi connectivity index (χ0n) is 7.14. The molecule has 2 nitrogen and oxygen atoms in total. The number of fused-ring (bicyclic) bond motifs is 1. The lowest BCUT2D eigenvalue weighted by Gasteiger charge is -2.06. The van der Waals surface area contributed by atoms with E-state index in [1.165, 1.54) is 6.07 Å². The molecule has 1 aromatic rings. The van der Waals surface area contributed by atoms with Gasteiger partial charge in [-0.3, -0.25) is 4.79 Å². The number of para-hydroxylation sites is 1. The summed E-state index contributed by atoms with van der Waals surface area (Å²) in [5, 5.41) is 2.93. The Balaban J connectivity index is 2.54. The zero-order valence-corrected chi connectivity index (χ0v) is 7.14. The van der Waals surface area contributed by atoms with Crippen LogP contribution in [0.25, 0.3) is 0 Å². The van der Waals surface area contributed by atoms with E-state index in [-0.39, 0.29) is 11.6 Å². The molecule has 1 N–H and O–H groups in total. The molecule has 0 bridgehead atoms. The Morgan fingerprint density at radius 2 is 2.23 bits per heavy atom. The second-order valence-electron chi connectivity index (χ2n) is 3.12. The van der Waals surface area contributed by atoms with Crippen molar-refractivity contribution in [2.24, 2.45) is 0 Å². The predicted octanol–water partition coefficient (Wildman–Crippen LogP) is 2.21. The van der Waals surface area contributed by atoms with E-state index in [2.05, 4.69) is 5.32 Å². The third-order valence-corrected chi connectivity index (χ3v) is 2.20. The number of carbonyl (C=O) groups is 1. The van der Waals surface area contributed by atoms with Gasteiger partial charge in [0.15, 0.2) is 5.78 Å². The number of rotatable bonds is 0. The van der Waals surface area contributed by atoms with E-state index in [1.807, 2.05) is 0 Å². The van der Waals surface area contributed by atoms with E-state index in [4.69, 9.17) is 0 Å². The van der Waals surface area contributed by atoms with Crippen molar-refractivity contribution in [2.75, 3.05) is 11.9 Å². The van der Waals surface area contributed by atoms with Gasteiger partial charge in [0, 0.05) is 18.5 Å². The monoisotopic (exact) mass is 179 g/mol. The molecule has 68 valence electrons. The first-order valence-corrected chi connectivity index (χ1v) is 4.34. The Morgan fingerprint density at radius 3 is 3.08 bits per heavy atom. The first-order valence-electron chi connectivity index (χ1n) is 4.34. The van der Waals surface area contributed by atoms with Crippen LogP contribution in [0.15, 0.2) is 18.2 Å². The summed E-state index contributed by atoms with van der Waals surface area (Å²) in [6.07, 6.45) is 1.27. The third-order valence-electron chi connectivity index (χ3n) is 2.20. The summed E-state index contributed by atoms with van der Waals surface area (Å²) in [6, 6.07) is 4.60. The fraction of sp³-hybridized carbons (Fsp3) is 0.300. The van der Waals surface area contributed by atoms with Gasteiger partial charge in [-0.25, -0.2) is 4.39 Å². The number of anilines is 1. The van der Waals surface area contributed by atoms with Crippen LogP contribution in [-0.4, -0.2) is 12.3 Å². The van der Waals surface area contributed by atoms with Gasteiger partial charge in [0.1, 0.15) is 5.82 Å². The minimum atomic E-state index is -0.340. The quantitative estimate of drug-likeness (QED) is 0.661. The minimum Gasteiger partial charge on any atom is -0.382 e. The number of Topliss-reactive ketones (excluding diaryl/α,β-unsaturated/α-hetero) is 1. The van der Waals surface area contributed by atoms with Crippen molar-refractivity contribution in [1.82, 2.24) is 0 Å². The van der Waals surface area contributed by atoms with E-state index in [1.54, 1.807) is 12.1 Å². The first kappa shape index (κ1) is 8.23. The zero-order chi connectivity index (χ0) is 9.26. The number of carbonyl (C=O) groups excluding carboxylic acids is 1. The van der Waals surface area contributed by atoms with Crippen molar-refractivity contribution >= 4 is 11.5 Å². The number of halogens is 1. The maximum atomic E-state index is 13.2. The lowest BCUT2D eigenvalue weighted by atomic mass is 10.1. The Kier molecular flexibility index (Phi) is 2.00. The Labute approximate surface area is 75.8 Å². The SMILES string of the molecule is O=C1CCCNc2c(F)cccc21. The minimum absolute atomic E-state index is 0.0273. The Bertz CT molecular complexity index is 349. The largest absolute Gasteiger partial charge is 0.382 e. The summed E-state index contributed by atoms with van der Waals surface area (Å²) in [4.78, 5) is 11.5. The topological polar surface area (TPSA) is 29.1 Å². The molecule has 0 aliphatic carbocycles. The molecule has 1 heterocycles. The maximum absolute atomic E-state index is 13.2. The summed E-state index contributed by atoms with van der Waals surface area (Å²) in [5.41, 5.74) is 0.850. The average Bonchev–Trinajstić information content (AvgIpc) is 2.30. The van der Waals surface area contributed by atoms with Crippen molar-refractivity contribution in [2.45, 2.75) is 12.8 Å². The van der Waals surface area contributed by atoms with E-state index in [9.17, 15) is 9.18 Å². The molecule has 0 aromatic heterocycles. The fourth-order valence-electron chi connectivity index (χ4n) is 1.53. The highest BCUT2D eigenvalue weighted by Crippen LogP contribution is 2.23. The van der Waals surface area contributed by atoms with Gasteiger partial charge in [-0.05, 0) is 18.6 Å². The van der Waals surface area contributed by atoms with Crippen LogP contribution in [0.3, 0.4) is 0 Å². The second kappa shape index (κ2) is 3.17. The van der Waals surface area contributed by atoms with Gasteiger partial charge < -0.3 is 5.32 Å². The van der Waals surface area contributed by atoms with Crippen molar-refractivity contribution in [1.29, 1.82) is 0 Å². The van der Waals surface area contributed by atoms with Crippen LogP contribution in [0.2, 0.25) is 0 Å². The maximum Gasteiger partial charge on any atom is 0.165 e. The van der Waals surface area contributed by atoms with Crippen LogP contribution in [-0.2, 0) is 0 Å². The van der Waals surface area contributed by atoms with Crippen LogP contribution in [0.4, 0.5) is 10.1 Å². The molecule has 0 fully saturated rings. The molecule has 2 rings (SSSR count). The van der Waals surface area contributed by atoms with Crippen LogP contribution >= 0.6 is 0 Å². The van der Waals surface area contributed by atoms with Crippen molar-refractivity contribution < 1.29 is 9.18 Å². The number of nitrogens with one attached hydrogen (secondary N) is 1. The lowest BCUT2D eigenvalue weighted by molar-refractivity contribution is 0.0983. The van der Waals surface area contributed by atoms with E-state index in [0.717, 1.165) is 6.42 Å². The summed E-state index contributed by atoms with van der Waals surface area (Å²) < 4.78 is 13.2. The Hall–Kier alpha value is -1.38. The van der Waals surface area contributed by atoms with Crippen LogP contribution < -0.4 is 5.32 Å². The molecule has 1 aliphatic heterocycles. The standard InChI is InChI=1S/C10H10FNO/c11-8-4-1-3-7-9(13)5-2-6-12-10(7)8/h1,3-4,12H,2,5-6H2. The highest BCUT2D eigenvalue weighted by molar-refractivity contribution is 6.01. The van der Waals surface area contributed by atoms with Crippen molar-refractivity contribution in [3.63, 3.8) is 0 Å². The van der Waals surface area contributed by atoms with Gasteiger partial charge in [0.2, 0.25) is 0 Å². The third kappa shape index (κ3) is 1.41. The lowest BCUT2D eigenvalue weighted by Crippen LogP contribution is -2.02. The highest BCUT2D eigenvalue weighted by atomic mass is 19.1. The van der Waals surface area contributed by atoms with Gasteiger partial charge in [0.25, 0.3) is 0 Å². The summed E-state index contributed by atoms with van der Waals surface area (Å²) >= 11 is 0. The highest BCUT2D eigenvalue weighted by Gasteiger charge is 2.17.